The van der Waals surface area contributed by atoms with E-state index in [4.69, 9.17) is 5.73 Å². The van der Waals surface area contributed by atoms with E-state index in [1.807, 2.05) is 0 Å². The third-order valence-corrected chi connectivity index (χ3v) is 3.09. The highest BCUT2D eigenvalue weighted by atomic mass is 16.3. The Morgan fingerprint density at radius 2 is 2.24 bits per heavy atom. The molecule has 1 fully saturated rings. The molecule has 4 heteroatoms. The Balaban J connectivity index is 2.25. The zero-order chi connectivity index (χ0) is 12.4. The van der Waals surface area contributed by atoms with Crippen molar-refractivity contribution in [2.45, 2.75) is 25.8 Å². The molecule has 4 nitrogen and oxygen atoms in total. The maximum Gasteiger partial charge on any atom is 0.257 e. The molecule has 17 heavy (non-hydrogen) atoms. The third-order valence-electron chi connectivity index (χ3n) is 3.09. The first-order chi connectivity index (χ1) is 8.15. The zero-order valence-corrected chi connectivity index (χ0v) is 10.0. The highest BCUT2D eigenvalue weighted by Gasteiger charge is 2.33. The number of amides is 1. The molecule has 1 aliphatic carbocycles. The van der Waals surface area contributed by atoms with E-state index < -0.39 is 0 Å². The smallest absolute Gasteiger partial charge is 0.257 e. The Morgan fingerprint density at radius 1 is 1.53 bits per heavy atom. The standard InChI is InChI=1S/C13H18N2O2/c1-9-3-2-4-11(12(9)16)13(17)15(8-7-14)10-5-6-10/h2-4,10,16H,5-8,14H2,1H3. The summed E-state index contributed by atoms with van der Waals surface area (Å²) in [6.07, 6.45) is 2.08. The number of rotatable bonds is 4. The average Bonchev–Trinajstić information content (AvgIpc) is 3.13. The highest BCUT2D eigenvalue weighted by molar-refractivity contribution is 5.97. The number of nitrogens with zero attached hydrogens (tertiary/aromatic N) is 1. The van der Waals surface area contributed by atoms with Crippen LogP contribution in [0.3, 0.4) is 0 Å². The van der Waals surface area contributed by atoms with E-state index in [9.17, 15) is 9.90 Å². The van der Waals surface area contributed by atoms with Crippen LogP contribution in [-0.4, -0.2) is 35.0 Å². The number of aryl methyl sites for hydroxylation is 1. The summed E-state index contributed by atoms with van der Waals surface area (Å²) in [4.78, 5) is 14.1. The van der Waals surface area contributed by atoms with Gasteiger partial charge in [-0.25, -0.2) is 0 Å². The van der Waals surface area contributed by atoms with Gasteiger partial charge >= 0.3 is 0 Å². The largest absolute Gasteiger partial charge is 0.507 e. The van der Waals surface area contributed by atoms with Crippen LogP contribution in [0.4, 0.5) is 0 Å². The number of phenols is 1. The maximum atomic E-state index is 12.3. The molecule has 0 radical (unpaired) electrons. The minimum atomic E-state index is -0.112. The van der Waals surface area contributed by atoms with Crippen LogP contribution in [0.15, 0.2) is 18.2 Å². The molecular formula is C13H18N2O2. The van der Waals surface area contributed by atoms with Gasteiger partial charge in [-0.1, -0.05) is 12.1 Å². The van der Waals surface area contributed by atoms with Crippen LogP contribution in [0.25, 0.3) is 0 Å². The number of benzene rings is 1. The lowest BCUT2D eigenvalue weighted by molar-refractivity contribution is 0.0745. The summed E-state index contributed by atoms with van der Waals surface area (Å²) >= 11 is 0. The minimum Gasteiger partial charge on any atom is -0.507 e. The summed E-state index contributed by atoms with van der Waals surface area (Å²) in [5, 5.41) is 9.91. The van der Waals surface area contributed by atoms with Crippen LogP contribution >= 0.6 is 0 Å². The minimum absolute atomic E-state index is 0.0835. The predicted octanol–water partition coefficient (Wildman–Crippen LogP) is 1.26. The first-order valence-corrected chi connectivity index (χ1v) is 5.94. The van der Waals surface area contributed by atoms with E-state index in [0.717, 1.165) is 18.4 Å². The fraction of sp³-hybridized carbons (Fsp3) is 0.462. The van der Waals surface area contributed by atoms with E-state index in [1.165, 1.54) is 0 Å². The maximum absolute atomic E-state index is 12.3. The van der Waals surface area contributed by atoms with Gasteiger partial charge in [0.1, 0.15) is 5.75 Å². The van der Waals surface area contributed by atoms with Crippen molar-refractivity contribution < 1.29 is 9.90 Å². The molecule has 0 saturated heterocycles. The van der Waals surface area contributed by atoms with Crippen molar-refractivity contribution in [3.05, 3.63) is 29.3 Å². The molecule has 0 aromatic heterocycles. The molecular weight excluding hydrogens is 216 g/mol. The molecule has 1 aromatic rings. The van der Waals surface area contributed by atoms with Gasteiger partial charge in [0, 0.05) is 19.1 Å². The van der Waals surface area contributed by atoms with E-state index >= 15 is 0 Å². The lowest BCUT2D eigenvalue weighted by Gasteiger charge is -2.22. The van der Waals surface area contributed by atoms with Crippen molar-refractivity contribution in [1.29, 1.82) is 0 Å². The molecule has 92 valence electrons. The zero-order valence-electron chi connectivity index (χ0n) is 10.0. The number of hydrogen-bond donors (Lipinski definition) is 2. The molecule has 3 N–H and O–H groups in total. The van der Waals surface area contributed by atoms with Crippen molar-refractivity contribution in [3.8, 4) is 5.75 Å². The summed E-state index contributed by atoms with van der Waals surface area (Å²) in [6.45, 7) is 2.79. The van der Waals surface area contributed by atoms with Crippen LogP contribution in [0.2, 0.25) is 0 Å². The van der Waals surface area contributed by atoms with Gasteiger partial charge < -0.3 is 15.7 Å². The Kier molecular flexibility index (Phi) is 3.33. The first-order valence-electron chi connectivity index (χ1n) is 5.94. The normalized spacial score (nSPS) is 14.7. The van der Waals surface area contributed by atoms with E-state index in [2.05, 4.69) is 0 Å². The molecule has 1 aliphatic rings. The molecule has 0 atom stereocenters. The van der Waals surface area contributed by atoms with E-state index in [-0.39, 0.29) is 11.7 Å². The quantitative estimate of drug-likeness (QED) is 0.824. The summed E-state index contributed by atoms with van der Waals surface area (Å²) in [7, 11) is 0. The second kappa shape index (κ2) is 4.75. The third kappa shape index (κ3) is 2.42. The average molecular weight is 234 g/mol. The molecule has 1 aromatic carbocycles. The Bertz CT molecular complexity index is 427. The fourth-order valence-electron chi connectivity index (χ4n) is 1.96. The molecule has 2 rings (SSSR count). The lowest BCUT2D eigenvalue weighted by Crippen LogP contribution is -2.37. The van der Waals surface area contributed by atoms with Crippen LogP contribution in [0.1, 0.15) is 28.8 Å². The van der Waals surface area contributed by atoms with Crippen molar-refractivity contribution in [2.24, 2.45) is 5.73 Å². The second-order valence-corrected chi connectivity index (χ2v) is 4.49. The van der Waals surface area contributed by atoms with Gasteiger partial charge in [0.25, 0.3) is 5.91 Å². The first kappa shape index (κ1) is 11.9. The molecule has 0 bridgehead atoms. The van der Waals surface area contributed by atoms with Crippen LogP contribution < -0.4 is 5.73 Å². The summed E-state index contributed by atoms with van der Waals surface area (Å²) in [5.41, 5.74) is 6.62. The number of para-hydroxylation sites is 1. The van der Waals surface area contributed by atoms with Crippen molar-refractivity contribution in [3.63, 3.8) is 0 Å². The van der Waals surface area contributed by atoms with Crippen LogP contribution in [0.5, 0.6) is 5.75 Å². The monoisotopic (exact) mass is 234 g/mol. The van der Waals surface area contributed by atoms with Gasteiger partial charge in [0.15, 0.2) is 0 Å². The number of phenolic OH excluding ortho intramolecular Hbond substituents is 1. The highest BCUT2D eigenvalue weighted by Crippen LogP contribution is 2.30. The fourth-order valence-corrected chi connectivity index (χ4v) is 1.96. The molecule has 0 heterocycles. The Labute approximate surface area is 101 Å². The van der Waals surface area contributed by atoms with Gasteiger partial charge in [0.05, 0.1) is 5.56 Å². The lowest BCUT2D eigenvalue weighted by atomic mass is 10.1. The van der Waals surface area contributed by atoms with Gasteiger partial charge in [-0.3, -0.25) is 4.79 Å². The van der Waals surface area contributed by atoms with E-state index in [0.29, 0.717) is 24.7 Å². The number of carbonyl (C=O) groups excluding carboxylic acids is 1. The molecule has 0 spiro atoms. The second-order valence-electron chi connectivity index (χ2n) is 4.49. The number of hydrogen-bond acceptors (Lipinski definition) is 3. The Morgan fingerprint density at radius 3 is 2.82 bits per heavy atom. The van der Waals surface area contributed by atoms with E-state index in [1.54, 1.807) is 30.0 Å². The van der Waals surface area contributed by atoms with Gasteiger partial charge in [-0.15, -0.1) is 0 Å². The van der Waals surface area contributed by atoms with Crippen molar-refractivity contribution >= 4 is 5.91 Å². The summed E-state index contributed by atoms with van der Waals surface area (Å²) < 4.78 is 0. The van der Waals surface area contributed by atoms with Gasteiger partial charge in [-0.2, -0.15) is 0 Å². The van der Waals surface area contributed by atoms with Crippen molar-refractivity contribution in [2.75, 3.05) is 13.1 Å². The van der Waals surface area contributed by atoms with Crippen LogP contribution in [-0.2, 0) is 0 Å². The van der Waals surface area contributed by atoms with Crippen molar-refractivity contribution in [1.82, 2.24) is 4.90 Å². The molecule has 0 aliphatic heterocycles. The van der Waals surface area contributed by atoms with Crippen LogP contribution in [0, 0.1) is 6.92 Å². The SMILES string of the molecule is Cc1cccc(C(=O)N(CCN)C2CC2)c1O. The summed E-state index contributed by atoms with van der Waals surface area (Å²) in [5.74, 6) is -0.0284. The number of carbonyl (C=O) groups is 1. The van der Waals surface area contributed by atoms with Gasteiger partial charge in [-0.05, 0) is 31.4 Å². The number of nitrogens with two attached hydrogens (primary N) is 1. The van der Waals surface area contributed by atoms with Gasteiger partial charge in [0.2, 0.25) is 0 Å². The summed E-state index contributed by atoms with van der Waals surface area (Å²) in [6, 6.07) is 5.55. The Hall–Kier alpha value is -1.55. The molecule has 1 saturated carbocycles. The number of aromatic hydroxyl groups is 1. The topological polar surface area (TPSA) is 66.6 Å². The molecule has 0 unspecified atom stereocenters. The predicted molar refractivity (Wildman–Crippen MR) is 66.0 cm³/mol. The molecule has 1 amide bonds.